The maximum Gasteiger partial charge on any atom is 0.259 e. The van der Waals surface area contributed by atoms with Gasteiger partial charge in [0, 0.05) is 5.69 Å². The first-order valence-electron chi connectivity index (χ1n) is 5.79. The van der Waals surface area contributed by atoms with Gasteiger partial charge in [0.1, 0.15) is 11.0 Å². The SMILES string of the molecule is Cc1nc(Cl)c(C(=O)Nc2cccc(F)c2)c(C)c1Cl. The maximum absolute atomic E-state index is 13.1. The average Bonchev–Trinajstić information content (AvgIpc) is 2.36. The van der Waals surface area contributed by atoms with Crippen molar-refractivity contribution in [2.45, 2.75) is 13.8 Å². The molecule has 6 heteroatoms. The molecule has 3 nitrogen and oxygen atoms in total. The number of pyridine rings is 1. The van der Waals surface area contributed by atoms with Crippen molar-refractivity contribution in [2.24, 2.45) is 0 Å². The molecule has 2 aromatic rings. The van der Waals surface area contributed by atoms with Crippen molar-refractivity contribution in [1.82, 2.24) is 4.98 Å². The van der Waals surface area contributed by atoms with Crippen molar-refractivity contribution in [2.75, 3.05) is 5.32 Å². The summed E-state index contributed by atoms with van der Waals surface area (Å²) in [6, 6.07) is 5.58. The number of rotatable bonds is 2. The molecule has 1 amide bonds. The molecule has 1 N–H and O–H groups in total. The summed E-state index contributed by atoms with van der Waals surface area (Å²) in [4.78, 5) is 16.2. The van der Waals surface area contributed by atoms with E-state index in [4.69, 9.17) is 23.2 Å². The minimum atomic E-state index is -0.479. The highest BCUT2D eigenvalue weighted by molar-refractivity contribution is 6.36. The molecule has 0 atom stereocenters. The number of carbonyl (C=O) groups excluding carboxylic acids is 1. The lowest BCUT2D eigenvalue weighted by Crippen LogP contribution is -2.15. The van der Waals surface area contributed by atoms with Gasteiger partial charge in [0.2, 0.25) is 0 Å². The fourth-order valence-electron chi connectivity index (χ4n) is 1.81. The summed E-state index contributed by atoms with van der Waals surface area (Å²) in [7, 11) is 0. The molecule has 0 fully saturated rings. The quantitative estimate of drug-likeness (QED) is 0.835. The maximum atomic E-state index is 13.1. The molecule has 20 heavy (non-hydrogen) atoms. The van der Waals surface area contributed by atoms with E-state index in [1.165, 1.54) is 18.2 Å². The number of aryl methyl sites for hydroxylation is 1. The largest absolute Gasteiger partial charge is 0.322 e. The summed E-state index contributed by atoms with van der Waals surface area (Å²) in [5, 5.41) is 3.02. The number of halogens is 3. The summed E-state index contributed by atoms with van der Waals surface area (Å²) in [6.45, 7) is 3.39. The van der Waals surface area contributed by atoms with Crippen LogP contribution in [0.5, 0.6) is 0 Å². The molecule has 0 radical (unpaired) electrons. The summed E-state index contributed by atoms with van der Waals surface area (Å²) in [5.74, 6) is -0.918. The minimum absolute atomic E-state index is 0.0679. The van der Waals surface area contributed by atoms with Gasteiger partial charge in [-0.2, -0.15) is 0 Å². The zero-order chi connectivity index (χ0) is 14.9. The van der Waals surface area contributed by atoms with Gasteiger partial charge in [-0.15, -0.1) is 0 Å². The Labute approximate surface area is 125 Å². The van der Waals surface area contributed by atoms with Gasteiger partial charge in [0.25, 0.3) is 5.91 Å². The van der Waals surface area contributed by atoms with Gasteiger partial charge in [0.15, 0.2) is 0 Å². The molecule has 0 aliphatic heterocycles. The van der Waals surface area contributed by atoms with Crippen LogP contribution in [0.3, 0.4) is 0 Å². The zero-order valence-electron chi connectivity index (χ0n) is 10.8. The average molecular weight is 313 g/mol. The number of hydrogen-bond donors (Lipinski definition) is 1. The number of nitrogens with one attached hydrogen (secondary N) is 1. The number of benzene rings is 1. The fourth-order valence-corrected chi connectivity index (χ4v) is 2.30. The second-order valence-electron chi connectivity index (χ2n) is 4.27. The summed E-state index contributed by atoms with van der Waals surface area (Å²) < 4.78 is 13.1. The first kappa shape index (κ1) is 14.8. The fraction of sp³-hybridized carbons (Fsp3) is 0.143. The lowest BCUT2D eigenvalue weighted by Gasteiger charge is -2.11. The van der Waals surface area contributed by atoms with Crippen LogP contribution in [0.1, 0.15) is 21.6 Å². The van der Waals surface area contributed by atoms with Crippen LogP contribution in [0, 0.1) is 19.7 Å². The molecule has 1 aromatic heterocycles. The van der Waals surface area contributed by atoms with Crippen molar-refractivity contribution in [1.29, 1.82) is 0 Å². The number of nitrogens with zero attached hydrogens (tertiary/aromatic N) is 1. The van der Waals surface area contributed by atoms with E-state index in [9.17, 15) is 9.18 Å². The third kappa shape index (κ3) is 2.92. The van der Waals surface area contributed by atoms with Gasteiger partial charge < -0.3 is 5.32 Å². The van der Waals surface area contributed by atoms with Gasteiger partial charge in [-0.25, -0.2) is 9.37 Å². The van der Waals surface area contributed by atoms with Gasteiger partial charge in [-0.3, -0.25) is 4.79 Å². The highest BCUT2D eigenvalue weighted by atomic mass is 35.5. The predicted octanol–water partition coefficient (Wildman–Crippen LogP) is 4.40. The van der Waals surface area contributed by atoms with Crippen LogP contribution in [0.4, 0.5) is 10.1 Å². The lowest BCUT2D eigenvalue weighted by atomic mass is 10.1. The Morgan fingerprint density at radius 3 is 2.65 bits per heavy atom. The molecule has 1 heterocycles. The van der Waals surface area contributed by atoms with Crippen LogP contribution in [0.2, 0.25) is 10.2 Å². The van der Waals surface area contributed by atoms with Gasteiger partial charge in [-0.05, 0) is 37.6 Å². The molecule has 0 saturated heterocycles. The molecule has 2 rings (SSSR count). The minimum Gasteiger partial charge on any atom is -0.322 e. The summed E-state index contributed by atoms with van der Waals surface area (Å²) in [5.41, 5.74) is 1.61. The number of carbonyl (C=O) groups is 1. The Kier molecular flexibility index (Phi) is 4.26. The molecule has 0 aliphatic carbocycles. The molecule has 0 bridgehead atoms. The Bertz CT molecular complexity index is 689. The summed E-state index contributed by atoms with van der Waals surface area (Å²) in [6.07, 6.45) is 0. The monoisotopic (exact) mass is 312 g/mol. The topological polar surface area (TPSA) is 42.0 Å². The Morgan fingerprint density at radius 1 is 1.30 bits per heavy atom. The standard InChI is InChI=1S/C14H11Cl2FN2O/c1-7-11(13(16)18-8(2)12(7)15)14(20)19-10-5-3-4-9(17)6-10/h3-6H,1-2H3,(H,19,20). The number of anilines is 1. The second kappa shape index (κ2) is 5.77. The lowest BCUT2D eigenvalue weighted by molar-refractivity contribution is 0.102. The highest BCUT2D eigenvalue weighted by Crippen LogP contribution is 2.27. The Balaban J connectivity index is 2.37. The van der Waals surface area contributed by atoms with Gasteiger partial charge in [-0.1, -0.05) is 29.3 Å². The van der Waals surface area contributed by atoms with Crippen molar-refractivity contribution in [3.05, 3.63) is 57.1 Å². The number of aromatic nitrogens is 1. The Morgan fingerprint density at radius 2 is 2.00 bits per heavy atom. The molecular formula is C14H11Cl2FN2O. The molecule has 0 unspecified atom stereocenters. The van der Waals surface area contributed by atoms with Crippen LogP contribution in [0.25, 0.3) is 0 Å². The Hall–Kier alpha value is -1.65. The normalized spacial score (nSPS) is 10.4. The molecule has 0 aliphatic rings. The van der Waals surface area contributed by atoms with Crippen molar-refractivity contribution >= 4 is 34.8 Å². The van der Waals surface area contributed by atoms with Crippen molar-refractivity contribution in [3.8, 4) is 0 Å². The molecule has 1 aromatic carbocycles. The van der Waals surface area contributed by atoms with Crippen LogP contribution < -0.4 is 5.32 Å². The van der Waals surface area contributed by atoms with Crippen LogP contribution >= 0.6 is 23.2 Å². The first-order chi connectivity index (χ1) is 9.40. The third-order valence-electron chi connectivity index (χ3n) is 2.80. The number of hydrogen-bond acceptors (Lipinski definition) is 2. The number of amides is 1. The van der Waals surface area contributed by atoms with Crippen LogP contribution in [-0.2, 0) is 0 Å². The van der Waals surface area contributed by atoms with Gasteiger partial charge >= 0.3 is 0 Å². The van der Waals surface area contributed by atoms with E-state index in [1.807, 2.05) is 0 Å². The van der Waals surface area contributed by atoms with E-state index in [-0.39, 0.29) is 10.7 Å². The van der Waals surface area contributed by atoms with Crippen LogP contribution in [0.15, 0.2) is 24.3 Å². The zero-order valence-corrected chi connectivity index (χ0v) is 12.3. The van der Waals surface area contributed by atoms with E-state index in [1.54, 1.807) is 19.9 Å². The predicted molar refractivity (Wildman–Crippen MR) is 78.1 cm³/mol. The van der Waals surface area contributed by atoms with E-state index in [2.05, 4.69) is 10.3 Å². The van der Waals surface area contributed by atoms with Crippen molar-refractivity contribution in [3.63, 3.8) is 0 Å². The first-order valence-corrected chi connectivity index (χ1v) is 6.55. The highest BCUT2D eigenvalue weighted by Gasteiger charge is 2.19. The smallest absolute Gasteiger partial charge is 0.259 e. The second-order valence-corrected chi connectivity index (χ2v) is 5.00. The van der Waals surface area contributed by atoms with Gasteiger partial charge in [0.05, 0.1) is 16.3 Å². The molecule has 0 spiro atoms. The van der Waals surface area contributed by atoms with Crippen molar-refractivity contribution < 1.29 is 9.18 Å². The molecular weight excluding hydrogens is 302 g/mol. The molecule has 0 saturated carbocycles. The van der Waals surface area contributed by atoms with E-state index in [0.717, 1.165) is 0 Å². The van der Waals surface area contributed by atoms with E-state index >= 15 is 0 Å². The van der Waals surface area contributed by atoms with Crippen LogP contribution in [-0.4, -0.2) is 10.9 Å². The molecule has 104 valence electrons. The van der Waals surface area contributed by atoms with E-state index < -0.39 is 11.7 Å². The summed E-state index contributed by atoms with van der Waals surface area (Å²) >= 11 is 12.1. The third-order valence-corrected chi connectivity index (χ3v) is 3.63. The van der Waals surface area contributed by atoms with E-state index in [0.29, 0.717) is 22.0 Å².